The molecule has 5 nitrogen and oxygen atoms in total. The zero-order valence-electron chi connectivity index (χ0n) is 24.2. The van der Waals surface area contributed by atoms with Crippen LogP contribution in [0.1, 0.15) is 93.1 Å². The zero-order valence-corrected chi connectivity index (χ0v) is 25.0. The standard InChI is InChI=1S/C33H46N2O3S/c1-23-10-8-9-13-27(23)29-20-25(14-17-28(29)31(36)34-30(32(37)38)18-19-39-4)22-35(26-15-16-26)33(2,3)21-24-11-6-5-7-12-24/h8-10,13-14,17,20,24,26,30H,5-7,11-12,15-16,18-19,21-22H2,1-4H3,(H,34,36)(H,37,38)/t30-/m0/s1. The summed E-state index contributed by atoms with van der Waals surface area (Å²) in [5, 5.41) is 12.5. The van der Waals surface area contributed by atoms with Gasteiger partial charge in [0.2, 0.25) is 0 Å². The first-order chi connectivity index (χ1) is 18.7. The normalized spacial score (nSPS) is 17.3. The fourth-order valence-electron chi connectivity index (χ4n) is 6.35. The van der Waals surface area contributed by atoms with E-state index in [1.54, 1.807) is 11.8 Å². The molecule has 2 N–H and O–H groups in total. The van der Waals surface area contributed by atoms with Crippen molar-refractivity contribution >= 4 is 23.6 Å². The summed E-state index contributed by atoms with van der Waals surface area (Å²) in [6.45, 7) is 7.76. The van der Waals surface area contributed by atoms with Crippen LogP contribution in [0, 0.1) is 12.8 Å². The summed E-state index contributed by atoms with van der Waals surface area (Å²) < 4.78 is 0. The first-order valence-corrected chi connectivity index (χ1v) is 16.1. The van der Waals surface area contributed by atoms with E-state index >= 15 is 0 Å². The van der Waals surface area contributed by atoms with E-state index in [4.69, 9.17) is 0 Å². The van der Waals surface area contributed by atoms with Gasteiger partial charge in [-0.05, 0) is 98.8 Å². The van der Waals surface area contributed by atoms with Crippen LogP contribution in [0.25, 0.3) is 11.1 Å². The first kappa shape index (κ1) is 29.7. The van der Waals surface area contributed by atoms with Crippen LogP contribution in [0.5, 0.6) is 0 Å². The van der Waals surface area contributed by atoms with Crippen molar-refractivity contribution in [2.75, 3.05) is 12.0 Å². The van der Waals surface area contributed by atoms with Crippen LogP contribution in [0.2, 0.25) is 0 Å². The van der Waals surface area contributed by atoms with Gasteiger partial charge in [-0.25, -0.2) is 4.79 Å². The Hall–Kier alpha value is -2.31. The lowest BCUT2D eigenvalue weighted by atomic mass is 9.80. The van der Waals surface area contributed by atoms with Gasteiger partial charge >= 0.3 is 5.97 Å². The SMILES string of the molecule is CSCC[C@H](NC(=O)c1ccc(CN(C2CC2)C(C)(C)CC2CCCCC2)cc1-c1ccccc1C)C(=O)O. The van der Waals surface area contributed by atoms with Gasteiger partial charge in [-0.3, -0.25) is 9.69 Å². The highest BCUT2D eigenvalue weighted by Crippen LogP contribution is 2.40. The van der Waals surface area contributed by atoms with E-state index in [9.17, 15) is 14.7 Å². The number of benzene rings is 2. The fourth-order valence-corrected chi connectivity index (χ4v) is 6.82. The Morgan fingerprint density at radius 2 is 1.77 bits per heavy atom. The number of amides is 1. The second-order valence-electron chi connectivity index (χ2n) is 12.2. The molecule has 0 unspecified atom stereocenters. The van der Waals surface area contributed by atoms with Gasteiger partial charge in [-0.15, -0.1) is 0 Å². The largest absolute Gasteiger partial charge is 0.480 e. The molecule has 212 valence electrons. The highest BCUT2D eigenvalue weighted by molar-refractivity contribution is 7.98. The predicted octanol–water partition coefficient (Wildman–Crippen LogP) is 7.31. The van der Waals surface area contributed by atoms with Gasteiger partial charge in [0.25, 0.3) is 5.91 Å². The Morgan fingerprint density at radius 1 is 1.05 bits per heavy atom. The third kappa shape index (κ3) is 7.88. The van der Waals surface area contributed by atoms with Crippen molar-refractivity contribution in [2.24, 2.45) is 5.92 Å². The number of aliphatic carboxylic acids is 1. The number of hydrogen-bond donors (Lipinski definition) is 2. The molecule has 0 radical (unpaired) electrons. The van der Waals surface area contributed by atoms with Crippen molar-refractivity contribution in [1.82, 2.24) is 10.2 Å². The number of aryl methyl sites for hydroxylation is 1. The number of nitrogens with one attached hydrogen (secondary N) is 1. The molecule has 0 saturated heterocycles. The molecule has 2 aliphatic rings. The van der Waals surface area contributed by atoms with E-state index in [-0.39, 0.29) is 11.4 Å². The van der Waals surface area contributed by atoms with Crippen LogP contribution in [-0.2, 0) is 11.3 Å². The maximum Gasteiger partial charge on any atom is 0.326 e. The van der Waals surface area contributed by atoms with Gasteiger partial charge < -0.3 is 10.4 Å². The van der Waals surface area contributed by atoms with Gasteiger partial charge in [0, 0.05) is 23.7 Å². The van der Waals surface area contributed by atoms with E-state index in [1.165, 1.54) is 56.9 Å². The summed E-state index contributed by atoms with van der Waals surface area (Å²) in [5.41, 5.74) is 4.83. The van der Waals surface area contributed by atoms with Gasteiger partial charge in [-0.2, -0.15) is 11.8 Å². The summed E-state index contributed by atoms with van der Waals surface area (Å²) in [6, 6.07) is 14.0. The van der Waals surface area contributed by atoms with Gasteiger partial charge in [0.05, 0.1) is 0 Å². The zero-order chi connectivity index (χ0) is 28.0. The number of carboxylic acids is 1. The molecule has 0 bridgehead atoms. The minimum Gasteiger partial charge on any atom is -0.480 e. The summed E-state index contributed by atoms with van der Waals surface area (Å²) in [4.78, 5) is 28.0. The number of carbonyl (C=O) groups is 2. The third-order valence-electron chi connectivity index (χ3n) is 8.61. The van der Waals surface area contributed by atoms with Crippen molar-refractivity contribution in [3.05, 3.63) is 59.2 Å². The monoisotopic (exact) mass is 550 g/mol. The Morgan fingerprint density at radius 3 is 2.41 bits per heavy atom. The molecule has 0 heterocycles. The van der Waals surface area contributed by atoms with Crippen LogP contribution in [-0.4, -0.2) is 51.5 Å². The number of carboxylic acid groups (broad SMARTS) is 1. The maximum atomic E-state index is 13.5. The molecule has 2 aliphatic carbocycles. The average Bonchev–Trinajstić information content (AvgIpc) is 3.75. The molecule has 0 spiro atoms. The van der Waals surface area contributed by atoms with Gasteiger partial charge in [0.15, 0.2) is 0 Å². The highest BCUT2D eigenvalue weighted by atomic mass is 32.2. The van der Waals surface area contributed by atoms with Crippen molar-refractivity contribution in [3.63, 3.8) is 0 Å². The number of hydrogen-bond acceptors (Lipinski definition) is 4. The molecule has 0 aliphatic heterocycles. The molecule has 4 rings (SSSR count). The fraction of sp³-hybridized carbons (Fsp3) is 0.576. The average molecular weight is 551 g/mol. The number of carbonyl (C=O) groups excluding carboxylic acids is 1. The van der Waals surface area contributed by atoms with E-state index in [0.29, 0.717) is 23.8 Å². The van der Waals surface area contributed by atoms with Crippen LogP contribution >= 0.6 is 11.8 Å². The second kappa shape index (κ2) is 13.4. The van der Waals surface area contributed by atoms with Crippen LogP contribution in [0.4, 0.5) is 0 Å². The molecule has 39 heavy (non-hydrogen) atoms. The predicted molar refractivity (Wildman–Crippen MR) is 162 cm³/mol. The van der Waals surface area contributed by atoms with Gasteiger partial charge in [-0.1, -0.05) is 62.4 Å². The summed E-state index contributed by atoms with van der Waals surface area (Å²) in [7, 11) is 0. The summed E-state index contributed by atoms with van der Waals surface area (Å²) >= 11 is 1.58. The lowest BCUT2D eigenvalue weighted by Crippen LogP contribution is -2.46. The van der Waals surface area contributed by atoms with Crippen molar-refractivity contribution in [2.45, 2.75) is 103 Å². The molecule has 2 aromatic rings. The number of rotatable bonds is 13. The molecular formula is C33H46N2O3S. The Bertz CT molecular complexity index is 1140. The Labute approximate surface area is 239 Å². The van der Waals surface area contributed by atoms with E-state index in [1.807, 2.05) is 24.5 Å². The first-order valence-electron chi connectivity index (χ1n) is 14.7. The molecule has 2 saturated carbocycles. The number of thioether (sulfide) groups is 1. The van der Waals surface area contributed by atoms with E-state index in [0.717, 1.165) is 29.2 Å². The highest BCUT2D eigenvalue weighted by Gasteiger charge is 2.39. The van der Waals surface area contributed by atoms with Crippen LogP contribution in [0.3, 0.4) is 0 Å². The minimum absolute atomic E-state index is 0.119. The molecular weight excluding hydrogens is 504 g/mol. The van der Waals surface area contributed by atoms with Crippen LogP contribution < -0.4 is 5.32 Å². The topological polar surface area (TPSA) is 69.6 Å². The van der Waals surface area contributed by atoms with Gasteiger partial charge in [0.1, 0.15) is 6.04 Å². The van der Waals surface area contributed by atoms with Crippen molar-refractivity contribution in [3.8, 4) is 11.1 Å². The quantitative estimate of drug-likeness (QED) is 0.274. The molecule has 2 aromatic carbocycles. The molecule has 6 heteroatoms. The molecule has 1 atom stereocenters. The molecule has 0 aromatic heterocycles. The summed E-state index contributed by atoms with van der Waals surface area (Å²) in [5.74, 6) is 0.169. The Balaban J connectivity index is 1.62. The molecule has 2 fully saturated rings. The van der Waals surface area contributed by atoms with Crippen LogP contribution in [0.15, 0.2) is 42.5 Å². The second-order valence-corrected chi connectivity index (χ2v) is 13.2. The number of nitrogens with zero attached hydrogens (tertiary/aromatic N) is 1. The lowest BCUT2D eigenvalue weighted by Gasteiger charge is -2.42. The van der Waals surface area contributed by atoms with E-state index < -0.39 is 12.0 Å². The smallest absolute Gasteiger partial charge is 0.326 e. The summed E-state index contributed by atoms with van der Waals surface area (Å²) in [6.07, 6.45) is 12.9. The van der Waals surface area contributed by atoms with E-state index in [2.05, 4.69) is 55.3 Å². The lowest BCUT2D eigenvalue weighted by molar-refractivity contribution is -0.139. The minimum atomic E-state index is -0.994. The van der Waals surface area contributed by atoms with Crippen molar-refractivity contribution in [1.29, 1.82) is 0 Å². The third-order valence-corrected chi connectivity index (χ3v) is 9.25. The molecule has 1 amide bonds. The maximum absolute atomic E-state index is 13.5. The van der Waals surface area contributed by atoms with Crippen molar-refractivity contribution < 1.29 is 14.7 Å². The Kier molecular flexibility index (Phi) is 10.2.